The summed E-state index contributed by atoms with van der Waals surface area (Å²) in [5.41, 5.74) is 3.02. The zero-order chi connectivity index (χ0) is 23.3. The van der Waals surface area contributed by atoms with Gasteiger partial charge in [0.2, 0.25) is 5.91 Å². The normalized spacial score (nSPS) is 29.5. The molecule has 7 nitrogen and oxygen atoms in total. The number of rotatable bonds is 6. The number of nitrogens with zero attached hydrogens (tertiary/aromatic N) is 3. The number of nitrogens with one attached hydrogen (secondary N) is 1. The predicted molar refractivity (Wildman–Crippen MR) is 129 cm³/mol. The van der Waals surface area contributed by atoms with Gasteiger partial charge in [-0.15, -0.1) is 0 Å². The van der Waals surface area contributed by atoms with Crippen LogP contribution in [0.15, 0.2) is 24.5 Å². The van der Waals surface area contributed by atoms with E-state index in [-0.39, 0.29) is 11.3 Å². The number of amides is 1. The molecule has 0 spiro atoms. The SMILES string of the molecule is COc1cccc(CN2CCc3c(ncnc3NC(=O)C34CC5CC(CC(C5)C3)C4)C2)c1OC. The van der Waals surface area contributed by atoms with Crippen LogP contribution in [0, 0.1) is 23.2 Å². The van der Waals surface area contributed by atoms with E-state index in [9.17, 15) is 4.79 Å². The van der Waals surface area contributed by atoms with Crippen molar-refractivity contribution in [3.05, 3.63) is 41.3 Å². The molecule has 4 fully saturated rings. The second kappa shape index (κ2) is 8.52. The molecule has 1 aromatic heterocycles. The van der Waals surface area contributed by atoms with Gasteiger partial charge in [0, 0.05) is 30.8 Å². The van der Waals surface area contributed by atoms with Gasteiger partial charge in [0.25, 0.3) is 0 Å². The monoisotopic (exact) mass is 462 g/mol. The Balaban J connectivity index is 1.18. The highest BCUT2D eigenvalue weighted by Gasteiger charge is 2.54. The van der Waals surface area contributed by atoms with Crippen LogP contribution in [0.4, 0.5) is 5.82 Å². The summed E-state index contributed by atoms with van der Waals surface area (Å²) < 4.78 is 11.1. The van der Waals surface area contributed by atoms with Gasteiger partial charge in [-0.3, -0.25) is 9.69 Å². The van der Waals surface area contributed by atoms with E-state index in [0.29, 0.717) is 0 Å². The maximum Gasteiger partial charge on any atom is 0.231 e. The Morgan fingerprint density at radius 3 is 2.50 bits per heavy atom. The average Bonchev–Trinajstić information content (AvgIpc) is 2.83. The number of carbonyl (C=O) groups excluding carboxylic acids is 1. The fourth-order valence-electron chi connectivity index (χ4n) is 7.60. The lowest BCUT2D eigenvalue weighted by atomic mass is 9.49. The number of methoxy groups -OCH3 is 2. The van der Waals surface area contributed by atoms with Crippen LogP contribution in [-0.2, 0) is 24.3 Å². The molecule has 0 atom stereocenters. The lowest BCUT2D eigenvalue weighted by Crippen LogP contribution is -2.52. The van der Waals surface area contributed by atoms with Gasteiger partial charge in [0.15, 0.2) is 11.5 Å². The molecule has 1 amide bonds. The maximum atomic E-state index is 13.6. The first-order chi connectivity index (χ1) is 16.6. The van der Waals surface area contributed by atoms with Crippen molar-refractivity contribution in [3.8, 4) is 11.5 Å². The van der Waals surface area contributed by atoms with Crippen LogP contribution in [-0.4, -0.2) is 41.5 Å². The summed E-state index contributed by atoms with van der Waals surface area (Å²) in [5.74, 6) is 4.70. The first kappa shape index (κ1) is 21.8. The van der Waals surface area contributed by atoms with Crippen molar-refractivity contribution >= 4 is 11.7 Å². The molecule has 7 heteroatoms. The largest absolute Gasteiger partial charge is 0.493 e. The van der Waals surface area contributed by atoms with E-state index in [1.165, 1.54) is 19.3 Å². The topological polar surface area (TPSA) is 76.6 Å². The summed E-state index contributed by atoms with van der Waals surface area (Å²) in [5, 5.41) is 3.28. The Morgan fingerprint density at radius 1 is 1.09 bits per heavy atom. The molecule has 1 aliphatic heterocycles. The molecule has 0 saturated heterocycles. The van der Waals surface area contributed by atoms with Crippen LogP contribution in [0.2, 0.25) is 0 Å². The molecule has 2 heterocycles. The van der Waals surface area contributed by atoms with Crippen molar-refractivity contribution in [1.82, 2.24) is 14.9 Å². The van der Waals surface area contributed by atoms with Gasteiger partial charge in [0.1, 0.15) is 12.1 Å². The van der Waals surface area contributed by atoms with E-state index in [1.807, 2.05) is 12.1 Å². The number of aromatic nitrogens is 2. The highest BCUT2D eigenvalue weighted by atomic mass is 16.5. The van der Waals surface area contributed by atoms with Crippen LogP contribution < -0.4 is 14.8 Å². The van der Waals surface area contributed by atoms with Gasteiger partial charge in [-0.25, -0.2) is 9.97 Å². The molecule has 0 unspecified atom stereocenters. The summed E-state index contributed by atoms with van der Waals surface area (Å²) in [6.07, 6.45) is 9.62. The van der Waals surface area contributed by atoms with Crippen molar-refractivity contribution in [2.24, 2.45) is 23.2 Å². The number of hydrogen-bond donors (Lipinski definition) is 1. The van der Waals surface area contributed by atoms with Gasteiger partial charge in [0.05, 0.1) is 25.3 Å². The van der Waals surface area contributed by atoms with E-state index in [1.54, 1.807) is 20.5 Å². The Bertz CT molecular complexity index is 1070. The molecule has 4 bridgehead atoms. The Kier molecular flexibility index (Phi) is 5.47. The second-order valence-electron chi connectivity index (χ2n) is 10.9. The minimum atomic E-state index is -0.170. The third kappa shape index (κ3) is 3.74. The number of ether oxygens (including phenoxy) is 2. The van der Waals surface area contributed by atoms with Gasteiger partial charge in [-0.2, -0.15) is 0 Å². The number of benzene rings is 1. The average molecular weight is 463 g/mol. The first-order valence-electron chi connectivity index (χ1n) is 12.6. The van der Waals surface area contributed by atoms with E-state index < -0.39 is 0 Å². The summed E-state index contributed by atoms with van der Waals surface area (Å²) in [7, 11) is 3.34. The minimum absolute atomic E-state index is 0.170. The van der Waals surface area contributed by atoms with Crippen LogP contribution in [0.5, 0.6) is 11.5 Å². The molecule has 34 heavy (non-hydrogen) atoms. The number of carbonyl (C=O) groups is 1. The number of hydrogen-bond acceptors (Lipinski definition) is 6. The van der Waals surface area contributed by atoms with Crippen molar-refractivity contribution in [3.63, 3.8) is 0 Å². The molecule has 180 valence electrons. The molecule has 1 aromatic carbocycles. The molecule has 1 N–H and O–H groups in total. The highest BCUT2D eigenvalue weighted by molar-refractivity contribution is 5.95. The Morgan fingerprint density at radius 2 is 1.82 bits per heavy atom. The molecule has 0 radical (unpaired) electrons. The van der Waals surface area contributed by atoms with E-state index in [0.717, 1.165) is 97.2 Å². The quantitative estimate of drug-likeness (QED) is 0.693. The van der Waals surface area contributed by atoms with Gasteiger partial charge in [-0.1, -0.05) is 12.1 Å². The Labute approximate surface area is 201 Å². The van der Waals surface area contributed by atoms with E-state index in [4.69, 9.17) is 9.47 Å². The molecule has 5 aliphatic rings. The van der Waals surface area contributed by atoms with Crippen molar-refractivity contribution in [2.45, 2.75) is 58.0 Å². The summed E-state index contributed by atoms with van der Waals surface area (Å²) in [4.78, 5) is 25.0. The van der Waals surface area contributed by atoms with Crippen molar-refractivity contribution in [1.29, 1.82) is 0 Å². The van der Waals surface area contributed by atoms with Gasteiger partial charge in [-0.05, 0) is 68.8 Å². The van der Waals surface area contributed by atoms with E-state index >= 15 is 0 Å². The second-order valence-corrected chi connectivity index (χ2v) is 10.9. The predicted octanol–water partition coefficient (Wildman–Crippen LogP) is 4.21. The summed E-state index contributed by atoms with van der Waals surface area (Å²) in [6, 6.07) is 5.99. The summed E-state index contributed by atoms with van der Waals surface area (Å²) >= 11 is 0. The molecular formula is C27H34N4O3. The zero-order valence-electron chi connectivity index (χ0n) is 20.2. The van der Waals surface area contributed by atoms with Gasteiger partial charge < -0.3 is 14.8 Å². The lowest BCUT2D eigenvalue weighted by Gasteiger charge is -2.55. The third-order valence-electron chi connectivity index (χ3n) is 8.72. The molecule has 4 aliphatic carbocycles. The van der Waals surface area contributed by atoms with Crippen LogP contribution >= 0.6 is 0 Å². The molecule has 4 saturated carbocycles. The molecule has 7 rings (SSSR count). The third-order valence-corrected chi connectivity index (χ3v) is 8.72. The fraction of sp³-hybridized carbons (Fsp3) is 0.593. The Hall–Kier alpha value is -2.67. The fourth-order valence-corrected chi connectivity index (χ4v) is 7.60. The maximum absolute atomic E-state index is 13.6. The van der Waals surface area contributed by atoms with Crippen LogP contribution in [0.25, 0.3) is 0 Å². The van der Waals surface area contributed by atoms with Crippen molar-refractivity contribution in [2.75, 3.05) is 26.1 Å². The lowest BCUT2D eigenvalue weighted by molar-refractivity contribution is -0.140. The summed E-state index contributed by atoms with van der Waals surface area (Å²) in [6.45, 7) is 2.35. The first-order valence-corrected chi connectivity index (χ1v) is 12.6. The highest BCUT2D eigenvalue weighted by Crippen LogP contribution is 2.60. The van der Waals surface area contributed by atoms with Gasteiger partial charge >= 0.3 is 0 Å². The number of para-hydroxylation sites is 1. The van der Waals surface area contributed by atoms with Crippen LogP contribution in [0.1, 0.15) is 55.3 Å². The minimum Gasteiger partial charge on any atom is -0.493 e. The van der Waals surface area contributed by atoms with Crippen LogP contribution in [0.3, 0.4) is 0 Å². The standard InChI is InChI=1S/C27H34N4O3/c1-33-23-5-3-4-20(24(23)34-2)14-31-7-6-21-22(15-31)28-16-29-25(21)30-26(32)27-11-17-8-18(12-27)10-19(9-17)13-27/h3-5,16-19H,6-15H2,1-2H3,(H,28,29,30,32). The number of fused-ring (bicyclic) bond motifs is 1. The molecule has 2 aromatic rings. The number of anilines is 1. The zero-order valence-corrected chi connectivity index (χ0v) is 20.2. The van der Waals surface area contributed by atoms with Crippen molar-refractivity contribution < 1.29 is 14.3 Å². The van der Waals surface area contributed by atoms with E-state index in [2.05, 4.69) is 26.3 Å². The molecular weight excluding hydrogens is 428 g/mol. The smallest absolute Gasteiger partial charge is 0.231 e.